The van der Waals surface area contributed by atoms with Gasteiger partial charge < -0.3 is 10.2 Å². The Labute approximate surface area is 148 Å². The van der Waals surface area contributed by atoms with E-state index in [2.05, 4.69) is 33.8 Å². The lowest BCUT2D eigenvalue weighted by Crippen LogP contribution is -2.30. The quantitative estimate of drug-likeness (QED) is 0.866. The molecule has 1 aromatic carbocycles. The van der Waals surface area contributed by atoms with E-state index in [4.69, 9.17) is 0 Å². The molecule has 24 heavy (non-hydrogen) atoms. The van der Waals surface area contributed by atoms with Gasteiger partial charge in [0.1, 0.15) is 0 Å². The van der Waals surface area contributed by atoms with Gasteiger partial charge in [0.2, 0.25) is 5.91 Å². The number of thiophene rings is 1. The van der Waals surface area contributed by atoms with Crippen LogP contribution in [0.5, 0.6) is 0 Å². The van der Waals surface area contributed by atoms with Gasteiger partial charge >= 0.3 is 0 Å². The third-order valence-corrected chi connectivity index (χ3v) is 5.15. The van der Waals surface area contributed by atoms with Gasteiger partial charge in [-0.15, -0.1) is 11.3 Å². The second kappa shape index (κ2) is 8.31. The first-order valence-corrected chi connectivity index (χ1v) is 9.44. The molecule has 2 heterocycles. The maximum atomic E-state index is 12.2. The van der Waals surface area contributed by atoms with Gasteiger partial charge in [0, 0.05) is 35.9 Å². The van der Waals surface area contributed by atoms with E-state index in [9.17, 15) is 4.79 Å². The van der Waals surface area contributed by atoms with E-state index in [-0.39, 0.29) is 5.91 Å². The summed E-state index contributed by atoms with van der Waals surface area (Å²) in [5.41, 5.74) is 2.12. The molecule has 1 aromatic heterocycles. The first kappa shape index (κ1) is 17.0. The number of anilines is 2. The molecule has 1 aliphatic heterocycles. The number of hydrogen-bond acceptors (Lipinski definition) is 4. The zero-order valence-corrected chi connectivity index (χ0v) is 15.0. The van der Waals surface area contributed by atoms with Crippen LogP contribution in [0.4, 0.5) is 11.4 Å². The standard InChI is InChI=1S/C19H25N3OS/c1-21(14-18-6-5-13-24-18)15-19(23)20-16-7-9-17(10-8-16)22-11-3-2-4-12-22/h5-10,13H,2-4,11-12,14-15H2,1H3,(H,20,23). The van der Waals surface area contributed by atoms with Crippen molar-refractivity contribution in [2.24, 2.45) is 0 Å². The molecule has 0 saturated carbocycles. The number of piperidine rings is 1. The maximum Gasteiger partial charge on any atom is 0.238 e. The van der Waals surface area contributed by atoms with Crippen LogP contribution in [0.1, 0.15) is 24.1 Å². The molecule has 3 rings (SSSR count). The topological polar surface area (TPSA) is 35.6 Å². The number of amides is 1. The predicted octanol–water partition coefficient (Wildman–Crippen LogP) is 3.81. The molecule has 4 nitrogen and oxygen atoms in total. The number of nitrogens with one attached hydrogen (secondary N) is 1. The molecule has 2 aromatic rings. The van der Waals surface area contributed by atoms with Crippen molar-refractivity contribution >= 4 is 28.6 Å². The van der Waals surface area contributed by atoms with Gasteiger partial charge in [0.15, 0.2) is 0 Å². The first-order valence-electron chi connectivity index (χ1n) is 8.56. The van der Waals surface area contributed by atoms with Crippen LogP contribution >= 0.6 is 11.3 Å². The average molecular weight is 343 g/mol. The molecule has 1 amide bonds. The number of carbonyl (C=O) groups is 1. The van der Waals surface area contributed by atoms with Crippen molar-refractivity contribution in [2.45, 2.75) is 25.8 Å². The molecule has 1 N–H and O–H groups in total. The summed E-state index contributed by atoms with van der Waals surface area (Å²) in [6.07, 6.45) is 3.88. The van der Waals surface area contributed by atoms with Crippen LogP contribution in [0, 0.1) is 0 Å². The minimum atomic E-state index is 0.0276. The Morgan fingerprint density at radius 1 is 1.17 bits per heavy atom. The van der Waals surface area contributed by atoms with Crippen molar-refractivity contribution in [3.8, 4) is 0 Å². The lowest BCUT2D eigenvalue weighted by atomic mass is 10.1. The van der Waals surface area contributed by atoms with Crippen LogP contribution in [0.25, 0.3) is 0 Å². The molecule has 1 fully saturated rings. The number of carbonyl (C=O) groups excluding carboxylic acids is 1. The van der Waals surface area contributed by atoms with Crippen molar-refractivity contribution in [1.82, 2.24) is 4.90 Å². The van der Waals surface area contributed by atoms with Crippen LogP contribution in [-0.4, -0.2) is 37.5 Å². The molecular formula is C19H25N3OS. The second-order valence-electron chi connectivity index (χ2n) is 6.39. The minimum Gasteiger partial charge on any atom is -0.372 e. The summed E-state index contributed by atoms with van der Waals surface area (Å²) in [7, 11) is 1.97. The highest BCUT2D eigenvalue weighted by atomic mass is 32.1. The SMILES string of the molecule is CN(CC(=O)Nc1ccc(N2CCCCC2)cc1)Cc1cccs1. The minimum absolute atomic E-state index is 0.0276. The van der Waals surface area contributed by atoms with Crippen LogP contribution in [0.15, 0.2) is 41.8 Å². The van der Waals surface area contributed by atoms with E-state index in [1.165, 1.54) is 29.8 Å². The molecule has 1 saturated heterocycles. The van der Waals surface area contributed by atoms with Gasteiger partial charge in [-0.05, 0) is 62.0 Å². The van der Waals surface area contributed by atoms with Crippen LogP contribution < -0.4 is 10.2 Å². The van der Waals surface area contributed by atoms with E-state index in [0.29, 0.717) is 6.54 Å². The number of benzene rings is 1. The van der Waals surface area contributed by atoms with Crippen molar-refractivity contribution < 1.29 is 4.79 Å². The Kier molecular flexibility index (Phi) is 5.88. The maximum absolute atomic E-state index is 12.2. The van der Waals surface area contributed by atoms with Crippen molar-refractivity contribution in [1.29, 1.82) is 0 Å². The zero-order valence-electron chi connectivity index (χ0n) is 14.2. The van der Waals surface area contributed by atoms with Crippen molar-refractivity contribution in [2.75, 3.05) is 36.9 Å². The fourth-order valence-corrected chi connectivity index (χ4v) is 3.86. The van der Waals surface area contributed by atoms with E-state index in [0.717, 1.165) is 25.3 Å². The Balaban J connectivity index is 1.48. The number of hydrogen-bond donors (Lipinski definition) is 1. The normalized spacial score (nSPS) is 14.8. The molecule has 0 aliphatic carbocycles. The Hall–Kier alpha value is -1.85. The predicted molar refractivity (Wildman–Crippen MR) is 102 cm³/mol. The van der Waals surface area contributed by atoms with Gasteiger partial charge in [0.25, 0.3) is 0 Å². The van der Waals surface area contributed by atoms with Crippen LogP contribution in [0.3, 0.4) is 0 Å². The molecule has 1 aliphatic rings. The average Bonchev–Trinajstić information content (AvgIpc) is 3.09. The highest BCUT2D eigenvalue weighted by Crippen LogP contribution is 2.21. The summed E-state index contributed by atoms with van der Waals surface area (Å²) in [5.74, 6) is 0.0276. The molecule has 0 unspecified atom stereocenters. The number of nitrogens with zero attached hydrogens (tertiary/aromatic N) is 2. The zero-order chi connectivity index (χ0) is 16.8. The van der Waals surface area contributed by atoms with Gasteiger partial charge in [-0.2, -0.15) is 0 Å². The highest BCUT2D eigenvalue weighted by Gasteiger charge is 2.11. The summed E-state index contributed by atoms with van der Waals surface area (Å²) in [5, 5.41) is 5.05. The van der Waals surface area contributed by atoms with Gasteiger partial charge in [-0.1, -0.05) is 6.07 Å². The van der Waals surface area contributed by atoms with Gasteiger partial charge in [-0.25, -0.2) is 0 Å². The summed E-state index contributed by atoms with van der Waals surface area (Å²) in [6.45, 7) is 3.48. The van der Waals surface area contributed by atoms with Crippen LogP contribution in [-0.2, 0) is 11.3 Å². The molecule has 128 valence electrons. The lowest BCUT2D eigenvalue weighted by Gasteiger charge is -2.28. The number of rotatable bonds is 6. The van der Waals surface area contributed by atoms with Crippen molar-refractivity contribution in [3.63, 3.8) is 0 Å². The first-order chi connectivity index (χ1) is 11.7. The summed E-state index contributed by atoms with van der Waals surface area (Å²) in [6, 6.07) is 12.4. The molecule has 0 atom stereocenters. The molecule has 5 heteroatoms. The van der Waals surface area contributed by atoms with E-state index in [1.807, 2.05) is 30.1 Å². The van der Waals surface area contributed by atoms with Crippen LogP contribution in [0.2, 0.25) is 0 Å². The Morgan fingerprint density at radius 2 is 1.92 bits per heavy atom. The molecular weight excluding hydrogens is 318 g/mol. The van der Waals surface area contributed by atoms with E-state index in [1.54, 1.807) is 11.3 Å². The smallest absolute Gasteiger partial charge is 0.238 e. The third-order valence-electron chi connectivity index (χ3n) is 4.29. The third kappa shape index (κ3) is 4.82. The number of likely N-dealkylation sites (N-methyl/N-ethyl adjacent to an activating group) is 1. The monoisotopic (exact) mass is 343 g/mol. The summed E-state index contributed by atoms with van der Waals surface area (Å²) < 4.78 is 0. The van der Waals surface area contributed by atoms with Gasteiger partial charge in [0.05, 0.1) is 6.54 Å². The molecule has 0 bridgehead atoms. The summed E-state index contributed by atoms with van der Waals surface area (Å²) >= 11 is 1.72. The summed E-state index contributed by atoms with van der Waals surface area (Å²) in [4.78, 5) is 17.9. The van der Waals surface area contributed by atoms with E-state index >= 15 is 0 Å². The fraction of sp³-hybridized carbons (Fsp3) is 0.421. The fourth-order valence-electron chi connectivity index (χ4n) is 3.08. The molecule has 0 spiro atoms. The van der Waals surface area contributed by atoms with Crippen molar-refractivity contribution in [3.05, 3.63) is 46.7 Å². The second-order valence-corrected chi connectivity index (χ2v) is 7.43. The highest BCUT2D eigenvalue weighted by molar-refractivity contribution is 7.09. The lowest BCUT2D eigenvalue weighted by molar-refractivity contribution is -0.117. The van der Waals surface area contributed by atoms with E-state index < -0.39 is 0 Å². The molecule has 0 radical (unpaired) electrons. The Bertz CT molecular complexity index is 633. The van der Waals surface area contributed by atoms with Gasteiger partial charge in [-0.3, -0.25) is 9.69 Å². The largest absolute Gasteiger partial charge is 0.372 e. The Morgan fingerprint density at radius 3 is 2.58 bits per heavy atom.